The zero-order valence-electron chi connectivity index (χ0n) is 13.9. The third-order valence-corrected chi connectivity index (χ3v) is 3.58. The van der Waals surface area contributed by atoms with E-state index in [1.54, 1.807) is 0 Å². The summed E-state index contributed by atoms with van der Waals surface area (Å²) in [7, 11) is 0. The van der Waals surface area contributed by atoms with Crippen molar-refractivity contribution in [1.82, 2.24) is 4.98 Å². The minimum atomic E-state index is -4.87. The van der Waals surface area contributed by atoms with E-state index in [1.165, 1.54) is 54.7 Å². The van der Waals surface area contributed by atoms with E-state index in [9.17, 15) is 26.3 Å². The molecular formula is C19H11F6NO2. The smallest absolute Gasteiger partial charge is 0.405 e. The Bertz CT molecular complexity index is 873. The van der Waals surface area contributed by atoms with Gasteiger partial charge in [-0.2, -0.15) is 0 Å². The molecule has 3 rings (SSSR count). The Morgan fingerprint density at radius 2 is 1.11 bits per heavy atom. The zero-order chi connectivity index (χ0) is 20.4. The van der Waals surface area contributed by atoms with Crippen LogP contribution in [0.4, 0.5) is 26.3 Å². The number of pyridine rings is 1. The topological polar surface area (TPSA) is 31.4 Å². The molecule has 28 heavy (non-hydrogen) atoms. The summed E-state index contributed by atoms with van der Waals surface area (Å²) in [5.41, 5.74) is 0.695. The third kappa shape index (κ3) is 4.93. The van der Waals surface area contributed by atoms with E-state index in [1.807, 2.05) is 0 Å². The van der Waals surface area contributed by atoms with Crippen molar-refractivity contribution in [3.63, 3.8) is 0 Å². The number of ether oxygens (including phenoxy) is 2. The summed E-state index contributed by atoms with van der Waals surface area (Å²) >= 11 is 0. The molecule has 3 nitrogen and oxygen atoms in total. The monoisotopic (exact) mass is 399 g/mol. The SMILES string of the molecule is FC(F)(F)Oc1ccccc1-c1ccc(-c2ccccc2OC(F)(F)F)nc1. The van der Waals surface area contributed by atoms with Gasteiger partial charge in [-0.15, -0.1) is 26.3 Å². The van der Waals surface area contributed by atoms with E-state index in [2.05, 4.69) is 14.5 Å². The first-order chi connectivity index (χ1) is 13.1. The van der Waals surface area contributed by atoms with Gasteiger partial charge in [0, 0.05) is 22.9 Å². The molecule has 2 aromatic carbocycles. The van der Waals surface area contributed by atoms with Gasteiger partial charge in [-0.1, -0.05) is 36.4 Å². The first kappa shape index (κ1) is 19.5. The number of aromatic nitrogens is 1. The van der Waals surface area contributed by atoms with Crippen LogP contribution >= 0.6 is 0 Å². The van der Waals surface area contributed by atoms with Crippen molar-refractivity contribution >= 4 is 0 Å². The summed E-state index contributed by atoms with van der Waals surface area (Å²) in [6, 6.07) is 13.7. The minimum absolute atomic E-state index is 0.0891. The van der Waals surface area contributed by atoms with Gasteiger partial charge in [-0.05, 0) is 24.3 Å². The first-order valence-electron chi connectivity index (χ1n) is 7.79. The summed E-state index contributed by atoms with van der Waals surface area (Å²) in [6.45, 7) is 0. The van der Waals surface area contributed by atoms with E-state index in [0.29, 0.717) is 5.56 Å². The number of para-hydroxylation sites is 2. The van der Waals surface area contributed by atoms with Crippen molar-refractivity contribution in [3.05, 3.63) is 66.9 Å². The molecule has 0 aliphatic rings. The molecule has 1 heterocycles. The van der Waals surface area contributed by atoms with E-state index < -0.39 is 24.2 Å². The number of halogens is 6. The lowest BCUT2D eigenvalue weighted by atomic mass is 10.0. The maximum atomic E-state index is 12.6. The second-order valence-electron chi connectivity index (χ2n) is 5.52. The van der Waals surface area contributed by atoms with Crippen LogP contribution in [0, 0.1) is 0 Å². The van der Waals surface area contributed by atoms with Crippen molar-refractivity contribution < 1.29 is 35.8 Å². The highest BCUT2D eigenvalue weighted by atomic mass is 19.4. The van der Waals surface area contributed by atoms with Gasteiger partial charge in [-0.3, -0.25) is 4.98 Å². The molecule has 0 aliphatic heterocycles. The van der Waals surface area contributed by atoms with Crippen molar-refractivity contribution in [2.75, 3.05) is 0 Å². The van der Waals surface area contributed by atoms with Crippen LogP contribution in [0.2, 0.25) is 0 Å². The van der Waals surface area contributed by atoms with Crippen LogP contribution in [0.15, 0.2) is 66.9 Å². The Morgan fingerprint density at radius 3 is 1.61 bits per heavy atom. The van der Waals surface area contributed by atoms with Crippen molar-refractivity contribution in [2.24, 2.45) is 0 Å². The quantitative estimate of drug-likeness (QED) is 0.489. The molecule has 1 aromatic heterocycles. The Morgan fingerprint density at radius 1 is 0.607 bits per heavy atom. The lowest BCUT2D eigenvalue weighted by Gasteiger charge is -2.14. The van der Waals surface area contributed by atoms with Crippen molar-refractivity contribution in [1.29, 1.82) is 0 Å². The van der Waals surface area contributed by atoms with E-state index >= 15 is 0 Å². The fourth-order valence-corrected chi connectivity index (χ4v) is 2.52. The third-order valence-electron chi connectivity index (χ3n) is 3.58. The van der Waals surface area contributed by atoms with E-state index in [-0.39, 0.29) is 16.8 Å². The van der Waals surface area contributed by atoms with Crippen LogP contribution in [0.5, 0.6) is 11.5 Å². The van der Waals surface area contributed by atoms with Crippen LogP contribution < -0.4 is 9.47 Å². The second kappa shape index (κ2) is 7.41. The summed E-state index contributed by atoms with van der Waals surface area (Å²) in [5.74, 6) is -0.846. The first-order valence-corrected chi connectivity index (χ1v) is 7.79. The molecule has 9 heteroatoms. The summed E-state index contributed by atoms with van der Waals surface area (Å²) < 4.78 is 83.3. The maximum absolute atomic E-state index is 12.6. The standard InChI is InChI=1S/C19H11F6NO2/c20-18(21,22)27-16-7-3-1-5-13(16)12-9-10-15(26-11-12)14-6-2-4-8-17(14)28-19(23,24)25/h1-11H. The van der Waals surface area contributed by atoms with Crippen LogP contribution in [0.3, 0.4) is 0 Å². The van der Waals surface area contributed by atoms with E-state index in [0.717, 1.165) is 12.1 Å². The average Bonchev–Trinajstić information content (AvgIpc) is 2.60. The number of rotatable bonds is 4. The molecule has 0 atom stereocenters. The van der Waals surface area contributed by atoms with Gasteiger partial charge in [0.2, 0.25) is 0 Å². The molecule has 0 bridgehead atoms. The molecule has 0 saturated carbocycles. The zero-order valence-corrected chi connectivity index (χ0v) is 13.9. The van der Waals surface area contributed by atoms with Gasteiger partial charge < -0.3 is 9.47 Å². The summed E-state index contributed by atoms with van der Waals surface area (Å²) in [4.78, 5) is 4.07. The average molecular weight is 399 g/mol. The highest BCUT2D eigenvalue weighted by Gasteiger charge is 2.33. The van der Waals surface area contributed by atoms with E-state index in [4.69, 9.17) is 0 Å². The van der Waals surface area contributed by atoms with Gasteiger partial charge in [0.15, 0.2) is 0 Å². The Hall–Kier alpha value is -3.23. The molecule has 0 fully saturated rings. The van der Waals surface area contributed by atoms with Gasteiger partial charge in [0.05, 0.1) is 5.69 Å². The van der Waals surface area contributed by atoms with Crippen LogP contribution in [-0.4, -0.2) is 17.7 Å². The number of hydrogen-bond donors (Lipinski definition) is 0. The number of hydrogen-bond acceptors (Lipinski definition) is 3. The Kier molecular flexibility index (Phi) is 5.17. The molecule has 3 aromatic rings. The van der Waals surface area contributed by atoms with Crippen molar-refractivity contribution in [3.8, 4) is 33.9 Å². The summed E-state index contributed by atoms with van der Waals surface area (Å²) in [6.07, 6.45) is -8.49. The van der Waals surface area contributed by atoms with Crippen LogP contribution in [0.25, 0.3) is 22.4 Å². The Labute approximate surface area is 155 Å². The molecule has 0 aliphatic carbocycles. The Balaban J connectivity index is 1.95. The van der Waals surface area contributed by atoms with Gasteiger partial charge in [0.25, 0.3) is 0 Å². The largest absolute Gasteiger partial charge is 0.573 e. The summed E-state index contributed by atoms with van der Waals surface area (Å²) in [5, 5.41) is 0. The molecule has 0 radical (unpaired) electrons. The van der Waals surface area contributed by atoms with Crippen LogP contribution in [-0.2, 0) is 0 Å². The molecule has 146 valence electrons. The maximum Gasteiger partial charge on any atom is 0.573 e. The normalized spacial score (nSPS) is 11.9. The number of benzene rings is 2. The van der Waals surface area contributed by atoms with Gasteiger partial charge >= 0.3 is 12.7 Å². The lowest BCUT2D eigenvalue weighted by molar-refractivity contribution is -0.275. The second-order valence-corrected chi connectivity index (χ2v) is 5.52. The number of nitrogens with zero attached hydrogens (tertiary/aromatic N) is 1. The molecular weight excluding hydrogens is 388 g/mol. The molecule has 0 unspecified atom stereocenters. The fraction of sp³-hybridized carbons (Fsp3) is 0.105. The van der Waals surface area contributed by atoms with Crippen LogP contribution in [0.1, 0.15) is 0 Å². The molecule has 0 N–H and O–H groups in total. The lowest BCUT2D eigenvalue weighted by Crippen LogP contribution is -2.17. The highest BCUT2D eigenvalue weighted by Crippen LogP contribution is 2.36. The van der Waals surface area contributed by atoms with Gasteiger partial charge in [-0.25, -0.2) is 0 Å². The number of alkyl halides is 6. The molecule has 0 amide bonds. The highest BCUT2D eigenvalue weighted by molar-refractivity contribution is 5.73. The predicted molar refractivity (Wildman–Crippen MR) is 88.5 cm³/mol. The fourth-order valence-electron chi connectivity index (χ4n) is 2.52. The molecule has 0 saturated heterocycles. The molecule has 0 spiro atoms. The minimum Gasteiger partial charge on any atom is -0.405 e. The van der Waals surface area contributed by atoms with Gasteiger partial charge in [0.1, 0.15) is 11.5 Å². The van der Waals surface area contributed by atoms with Crippen molar-refractivity contribution in [2.45, 2.75) is 12.7 Å². The predicted octanol–water partition coefficient (Wildman–Crippen LogP) is 6.21.